The molecule has 2 heterocycles. The maximum absolute atomic E-state index is 13.7. The molecule has 2 aliphatic heterocycles. The van der Waals surface area contributed by atoms with Gasteiger partial charge in [0.05, 0.1) is 17.4 Å². The molecule has 0 saturated carbocycles. The summed E-state index contributed by atoms with van der Waals surface area (Å²) in [6.07, 6.45) is -0.943. The van der Waals surface area contributed by atoms with Gasteiger partial charge in [-0.2, -0.15) is 0 Å². The van der Waals surface area contributed by atoms with Crippen LogP contribution in [-0.2, 0) is 14.4 Å². The van der Waals surface area contributed by atoms with E-state index < -0.39 is 18.1 Å². The second-order valence-electron chi connectivity index (χ2n) is 8.10. The zero-order valence-electron chi connectivity index (χ0n) is 17.5. The smallest absolute Gasteiger partial charge is 0.266 e. The van der Waals surface area contributed by atoms with Gasteiger partial charge >= 0.3 is 0 Å². The van der Waals surface area contributed by atoms with Crippen molar-refractivity contribution in [1.82, 2.24) is 0 Å². The van der Waals surface area contributed by atoms with Crippen LogP contribution in [0.2, 0.25) is 10.0 Å². The van der Waals surface area contributed by atoms with E-state index in [-0.39, 0.29) is 11.8 Å². The van der Waals surface area contributed by atoms with Crippen LogP contribution in [0.5, 0.6) is 0 Å². The fourth-order valence-corrected chi connectivity index (χ4v) is 4.91. The maximum atomic E-state index is 13.7. The van der Waals surface area contributed by atoms with Crippen LogP contribution in [0.4, 0.5) is 11.4 Å². The number of amides is 2. The van der Waals surface area contributed by atoms with Crippen LogP contribution in [0.3, 0.4) is 0 Å². The summed E-state index contributed by atoms with van der Waals surface area (Å²) < 4.78 is 0. The van der Waals surface area contributed by atoms with Gasteiger partial charge in [0, 0.05) is 10.0 Å². The van der Waals surface area contributed by atoms with Crippen LogP contribution in [-0.4, -0.2) is 17.9 Å². The Morgan fingerprint density at radius 1 is 0.812 bits per heavy atom. The average Bonchev–Trinajstić information content (AvgIpc) is 3.27. The molecule has 2 amide bonds. The number of hydrogen-bond donors (Lipinski definition) is 0. The van der Waals surface area contributed by atoms with Gasteiger partial charge < -0.3 is 0 Å². The van der Waals surface area contributed by atoms with Crippen LogP contribution >= 0.6 is 23.2 Å². The van der Waals surface area contributed by atoms with E-state index >= 15 is 0 Å². The van der Waals surface area contributed by atoms with Crippen molar-refractivity contribution in [2.75, 3.05) is 9.96 Å². The summed E-state index contributed by atoms with van der Waals surface area (Å²) in [6, 6.07) is 19.5. The molecule has 5 nitrogen and oxygen atoms in total. The minimum atomic E-state index is -0.943. The molecule has 0 bridgehead atoms. The van der Waals surface area contributed by atoms with Crippen molar-refractivity contribution in [3.05, 3.63) is 93.5 Å². The fourth-order valence-electron chi connectivity index (χ4n) is 4.39. The number of nitrogens with zero attached hydrogens (tertiary/aromatic N) is 2. The molecule has 3 atom stereocenters. The molecule has 0 spiro atoms. The number of carbonyl (C=O) groups is 2. The van der Waals surface area contributed by atoms with Gasteiger partial charge in [-0.05, 0) is 66.9 Å². The number of halogens is 2. The minimum absolute atomic E-state index is 0.308. The highest BCUT2D eigenvalue weighted by atomic mass is 35.5. The molecule has 7 heteroatoms. The number of hydroxylamine groups is 1. The summed E-state index contributed by atoms with van der Waals surface area (Å²) in [4.78, 5) is 34.4. The number of benzene rings is 3. The SMILES string of the molecule is Cc1ccc(N2C(=O)[C@@H]3[C@@H](ON(c4ccccc4)[C@H]3c3ccc(Cl)cc3Cl)C2=O)cc1C. The lowest BCUT2D eigenvalue weighted by atomic mass is 9.90. The first-order valence-electron chi connectivity index (χ1n) is 10.3. The Morgan fingerprint density at radius 3 is 2.25 bits per heavy atom. The highest BCUT2D eigenvalue weighted by Gasteiger charge is 2.60. The molecular formula is C25H20Cl2N2O3. The molecule has 2 fully saturated rings. The fraction of sp³-hybridized carbons (Fsp3) is 0.200. The van der Waals surface area contributed by atoms with Gasteiger partial charge in [-0.25, -0.2) is 9.96 Å². The van der Waals surface area contributed by atoms with Gasteiger partial charge in [0.2, 0.25) is 5.91 Å². The summed E-state index contributed by atoms with van der Waals surface area (Å²) >= 11 is 12.7. The number of hydrogen-bond acceptors (Lipinski definition) is 4. The van der Waals surface area contributed by atoms with E-state index in [2.05, 4.69) is 0 Å². The maximum Gasteiger partial charge on any atom is 0.266 e. The van der Waals surface area contributed by atoms with E-state index in [0.29, 0.717) is 21.3 Å². The summed E-state index contributed by atoms with van der Waals surface area (Å²) in [6.45, 7) is 3.94. The molecule has 0 N–H and O–H groups in total. The van der Waals surface area contributed by atoms with E-state index in [4.69, 9.17) is 28.0 Å². The second kappa shape index (κ2) is 7.93. The Balaban J connectivity index is 1.61. The largest absolute Gasteiger partial charge is 0.273 e. The quantitative estimate of drug-likeness (QED) is 0.467. The van der Waals surface area contributed by atoms with Gasteiger partial charge in [-0.15, -0.1) is 0 Å². The van der Waals surface area contributed by atoms with Crippen LogP contribution in [0, 0.1) is 19.8 Å². The van der Waals surface area contributed by atoms with E-state index in [1.54, 1.807) is 29.3 Å². The predicted molar refractivity (Wildman–Crippen MR) is 125 cm³/mol. The molecule has 5 rings (SSSR count). The first-order valence-corrected chi connectivity index (χ1v) is 11.0. The lowest BCUT2D eigenvalue weighted by molar-refractivity contribution is -0.126. The van der Waals surface area contributed by atoms with Crippen LogP contribution in [0.25, 0.3) is 0 Å². The van der Waals surface area contributed by atoms with E-state index in [0.717, 1.165) is 16.8 Å². The third kappa shape index (κ3) is 3.28. The standard InChI is InChI=1S/C25H20Cl2N2O3/c1-14-8-10-18(12-15(14)2)28-24(30)21-22(19-11-9-16(26)13-20(19)27)29(32-23(21)25(28)31)17-6-4-3-5-7-17/h3-13,21-23H,1-2H3/t21-,22-,23+/m0/s1. The van der Waals surface area contributed by atoms with Crippen molar-refractivity contribution < 1.29 is 14.4 Å². The summed E-state index contributed by atoms with van der Waals surface area (Å²) in [5, 5.41) is 2.53. The molecule has 3 aromatic carbocycles. The van der Waals surface area contributed by atoms with Crippen molar-refractivity contribution in [2.45, 2.75) is 26.0 Å². The molecule has 0 unspecified atom stereocenters. The first kappa shape index (κ1) is 21.0. The molecule has 3 aromatic rings. The van der Waals surface area contributed by atoms with E-state index in [1.807, 2.05) is 56.3 Å². The highest BCUT2D eigenvalue weighted by Crippen LogP contribution is 2.49. The van der Waals surface area contributed by atoms with Crippen LogP contribution in [0.15, 0.2) is 66.7 Å². The number of aryl methyl sites for hydroxylation is 2. The Labute approximate surface area is 196 Å². The monoisotopic (exact) mass is 466 g/mol. The predicted octanol–water partition coefficient (Wildman–Crippen LogP) is 5.66. The molecule has 2 saturated heterocycles. The minimum Gasteiger partial charge on any atom is -0.273 e. The summed E-state index contributed by atoms with van der Waals surface area (Å²) in [5.74, 6) is -1.43. The average molecular weight is 467 g/mol. The van der Waals surface area contributed by atoms with Gasteiger partial charge in [-0.3, -0.25) is 14.4 Å². The molecule has 2 aliphatic rings. The van der Waals surface area contributed by atoms with Gasteiger partial charge in [0.1, 0.15) is 5.92 Å². The Kier molecular flexibility index (Phi) is 5.20. The number of rotatable bonds is 3. The van der Waals surface area contributed by atoms with Gasteiger partial charge in [0.15, 0.2) is 6.10 Å². The molecule has 0 aliphatic carbocycles. The molecule has 32 heavy (non-hydrogen) atoms. The number of imide groups is 1. The van der Waals surface area contributed by atoms with Crippen LogP contribution in [0.1, 0.15) is 22.7 Å². The second-order valence-corrected chi connectivity index (χ2v) is 8.95. The van der Waals surface area contributed by atoms with Crippen molar-refractivity contribution in [3.8, 4) is 0 Å². The Bertz CT molecular complexity index is 1230. The molecular weight excluding hydrogens is 447 g/mol. The summed E-state index contributed by atoms with van der Waals surface area (Å²) in [7, 11) is 0. The summed E-state index contributed by atoms with van der Waals surface area (Å²) in [5.41, 5.74) is 4.05. The lowest BCUT2D eigenvalue weighted by Gasteiger charge is -2.29. The number of para-hydroxylation sites is 1. The van der Waals surface area contributed by atoms with Crippen molar-refractivity contribution in [1.29, 1.82) is 0 Å². The molecule has 0 aromatic heterocycles. The van der Waals surface area contributed by atoms with Crippen molar-refractivity contribution in [2.24, 2.45) is 5.92 Å². The number of fused-ring (bicyclic) bond motifs is 1. The lowest BCUT2D eigenvalue weighted by Crippen LogP contribution is -2.37. The van der Waals surface area contributed by atoms with Crippen LogP contribution < -0.4 is 9.96 Å². The van der Waals surface area contributed by atoms with Gasteiger partial charge in [0.25, 0.3) is 5.91 Å². The zero-order valence-corrected chi connectivity index (χ0v) is 19.0. The van der Waals surface area contributed by atoms with Crippen molar-refractivity contribution in [3.63, 3.8) is 0 Å². The highest BCUT2D eigenvalue weighted by molar-refractivity contribution is 6.35. The first-order chi connectivity index (χ1) is 15.4. The van der Waals surface area contributed by atoms with Gasteiger partial charge in [-0.1, -0.05) is 53.5 Å². The Hall–Kier alpha value is -2.86. The third-order valence-corrected chi connectivity index (χ3v) is 6.72. The van der Waals surface area contributed by atoms with Crippen molar-refractivity contribution >= 4 is 46.4 Å². The number of carbonyl (C=O) groups excluding carboxylic acids is 2. The third-order valence-electron chi connectivity index (χ3n) is 6.16. The number of anilines is 2. The zero-order chi connectivity index (χ0) is 22.6. The topological polar surface area (TPSA) is 49.9 Å². The Morgan fingerprint density at radius 2 is 1.56 bits per heavy atom. The van der Waals surface area contributed by atoms with E-state index in [9.17, 15) is 9.59 Å². The normalized spacial score (nSPS) is 22.6. The van der Waals surface area contributed by atoms with E-state index in [1.165, 1.54) is 4.90 Å². The molecule has 162 valence electrons. The molecule has 0 radical (unpaired) electrons.